The zero-order valence-electron chi connectivity index (χ0n) is 14.7. The molecule has 0 spiro atoms. The summed E-state index contributed by atoms with van der Waals surface area (Å²) < 4.78 is 0. The summed E-state index contributed by atoms with van der Waals surface area (Å²) in [6.45, 7) is 2.08. The van der Waals surface area contributed by atoms with E-state index in [1.54, 1.807) is 24.3 Å². The standard InChI is InChI=1S/C20H22N4O/c1-4-18(14-9-11-22-12-10-14)24(3)20(25)16-13-19(21-2)23-17-8-6-5-7-15(16)17/h5-13,18H,4H2,1-3H3,(H,21,23). The summed E-state index contributed by atoms with van der Waals surface area (Å²) in [6.07, 6.45) is 4.35. The fourth-order valence-corrected chi connectivity index (χ4v) is 3.13. The maximum absolute atomic E-state index is 13.3. The third kappa shape index (κ3) is 3.31. The van der Waals surface area contributed by atoms with Crippen LogP contribution in [0.1, 0.15) is 35.3 Å². The number of para-hydroxylation sites is 1. The maximum Gasteiger partial charge on any atom is 0.254 e. The van der Waals surface area contributed by atoms with Gasteiger partial charge < -0.3 is 10.2 Å². The first kappa shape index (κ1) is 16.9. The Morgan fingerprint density at radius 2 is 1.92 bits per heavy atom. The first-order chi connectivity index (χ1) is 12.2. The quantitative estimate of drug-likeness (QED) is 0.769. The Morgan fingerprint density at radius 1 is 1.20 bits per heavy atom. The van der Waals surface area contributed by atoms with E-state index in [-0.39, 0.29) is 11.9 Å². The molecule has 1 N–H and O–H groups in total. The molecule has 0 bridgehead atoms. The molecule has 1 atom stereocenters. The molecular weight excluding hydrogens is 312 g/mol. The average Bonchev–Trinajstić information content (AvgIpc) is 2.67. The van der Waals surface area contributed by atoms with Crippen LogP contribution < -0.4 is 5.32 Å². The Kier molecular flexibility index (Phi) is 4.93. The van der Waals surface area contributed by atoms with E-state index in [2.05, 4.69) is 22.2 Å². The minimum Gasteiger partial charge on any atom is -0.373 e. The minimum atomic E-state index is -0.0150. The molecule has 5 heteroatoms. The molecule has 0 saturated heterocycles. The van der Waals surface area contributed by atoms with Crippen LogP contribution in [0.3, 0.4) is 0 Å². The van der Waals surface area contributed by atoms with Gasteiger partial charge in [0.05, 0.1) is 17.1 Å². The van der Waals surface area contributed by atoms with Gasteiger partial charge in [0, 0.05) is 31.9 Å². The highest BCUT2D eigenvalue weighted by Gasteiger charge is 2.23. The van der Waals surface area contributed by atoms with Crippen molar-refractivity contribution < 1.29 is 4.79 Å². The van der Waals surface area contributed by atoms with Crippen LogP contribution in [-0.4, -0.2) is 34.9 Å². The van der Waals surface area contributed by atoms with Gasteiger partial charge in [-0.3, -0.25) is 9.78 Å². The van der Waals surface area contributed by atoms with Crippen LogP contribution in [0.4, 0.5) is 5.82 Å². The lowest BCUT2D eigenvalue weighted by Crippen LogP contribution is -2.31. The number of aromatic nitrogens is 2. The predicted octanol–water partition coefficient (Wildman–Crippen LogP) is 3.89. The second kappa shape index (κ2) is 7.30. The van der Waals surface area contributed by atoms with Crippen LogP contribution in [0.15, 0.2) is 54.9 Å². The molecule has 25 heavy (non-hydrogen) atoms. The van der Waals surface area contributed by atoms with Crippen molar-refractivity contribution in [2.75, 3.05) is 19.4 Å². The fraction of sp³-hybridized carbons (Fsp3) is 0.250. The third-order valence-corrected chi connectivity index (χ3v) is 4.47. The SMILES string of the molecule is CCC(c1ccncc1)N(C)C(=O)c1cc(NC)nc2ccccc12. The first-order valence-corrected chi connectivity index (χ1v) is 8.40. The molecule has 1 unspecified atom stereocenters. The van der Waals surface area contributed by atoms with Crippen LogP contribution in [-0.2, 0) is 0 Å². The van der Waals surface area contributed by atoms with Crippen molar-refractivity contribution in [3.05, 3.63) is 66.0 Å². The van der Waals surface area contributed by atoms with E-state index >= 15 is 0 Å². The van der Waals surface area contributed by atoms with Gasteiger partial charge >= 0.3 is 0 Å². The monoisotopic (exact) mass is 334 g/mol. The molecule has 3 rings (SSSR count). The maximum atomic E-state index is 13.3. The number of hydrogen-bond donors (Lipinski definition) is 1. The number of carbonyl (C=O) groups is 1. The normalized spacial score (nSPS) is 12.0. The molecule has 0 radical (unpaired) electrons. The summed E-state index contributed by atoms with van der Waals surface area (Å²) in [7, 11) is 3.66. The molecule has 3 aromatic rings. The first-order valence-electron chi connectivity index (χ1n) is 8.40. The highest BCUT2D eigenvalue weighted by atomic mass is 16.2. The number of rotatable bonds is 5. The summed E-state index contributed by atoms with van der Waals surface area (Å²) in [4.78, 5) is 23.7. The van der Waals surface area contributed by atoms with Crippen LogP contribution in [0.5, 0.6) is 0 Å². The van der Waals surface area contributed by atoms with E-state index in [0.29, 0.717) is 11.4 Å². The fourth-order valence-electron chi connectivity index (χ4n) is 3.13. The van der Waals surface area contributed by atoms with Crippen LogP contribution in [0, 0.1) is 0 Å². The van der Waals surface area contributed by atoms with Crippen molar-refractivity contribution in [3.8, 4) is 0 Å². The molecule has 1 aromatic carbocycles. The van der Waals surface area contributed by atoms with Crippen molar-refractivity contribution in [2.45, 2.75) is 19.4 Å². The number of benzene rings is 1. The van der Waals surface area contributed by atoms with Gasteiger partial charge in [-0.05, 0) is 36.2 Å². The number of pyridine rings is 2. The van der Waals surface area contributed by atoms with Gasteiger partial charge in [0.15, 0.2) is 0 Å². The Bertz CT molecular complexity index is 879. The lowest BCUT2D eigenvalue weighted by Gasteiger charge is -2.28. The van der Waals surface area contributed by atoms with E-state index in [1.807, 2.05) is 49.5 Å². The number of carbonyl (C=O) groups excluding carboxylic acids is 1. The smallest absolute Gasteiger partial charge is 0.254 e. The largest absolute Gasteiger partial charge is 0.373 e. The zero-order valence-corrected chi connectivity index (χ0v) is 14.7. The van der Waals surface area contributed by atoms with Gasteiger partial charge in [-0.15, -0.1) is 0 Å². The number of amides is 1. The summed E-state index contributed by atoms with van der Waals surface area (Å²) in [5, 5.41) is 3.90. The molecule has 5 nitrogen and oxygen atoms in total. The van der Waals surface area contributed by atoms with Crippen LogP contribution in [0.25, 0.3) is 10.9 Å². The number of hydrogen-bond acceptors (Lipinski definition) is 4. The van der Waals surface area contributed by atoms with Crippen molar-refractivity contribution in [2.24, 2.45) is 0 Å². The van der Waals surface area contributed by atoms with Crippen LogP contribution >= 0.6 is 0 Å². The Balaban J connectivity index is 2.03. The Hall–Kier alpha value is -2.95. The molecule has 128 valence electrons. The summed E-state index contributed by atoms with van der Waals surface area (Å²) in [5.41, 5.74) is 2.55. The van der Waals surface area contributed by atoms with E-state index in [1.165, 1.54) is 0 Å². The molecular formula is C20H22N4O. The molecule has 0 aliphatic carbocycles. The zero-order chi connectivity index (χ0) is 17.8. The summed E-state index contributed by atoms with van der Waals surface area (Å²) in [6, 6.07) is 13.5. The van der Waals surface area contributed by atoms with Gasteiger partial charge in [0.25, 0.3) is 5.91 Å². The lowest BCUT2D eigenvalue weighted by molar-refractivity contribution is 0.0728. The Morgan fingerprint density at radius 3 is 2.60 bits per heavy atom. The van der Waals surface area contributed by atoms with E-state index in [0.717, 1.165) is 22.9 Å². The molecule has 0 fully saturated rings. The molecule has 1 amide bonds. The van der Waals surface area contributed by atoms with Gasteiger partial charge in [-0.2, -0.15) is 0 Å². The molecule has 0 aliphatic heterocycles. The van der Waals surface area contributed by atoms with Gasteiger partial charge in [-0.25, -0.2) is 4.98 Å². The van der Waals surface area contributed by atoms with Crippen LogP contribution in [0.2, 0.25) is 0 Å². The van der Waals surface area contributed by atoms with Crippen molar-refractivity contribution in [3.63, 3.8) is 0 Å². The van der Waals surface area contributed by atoms with Gasteiger partial charge in [0.1, 0.15) is 5.82 Å². The average molecular weight is 334 g/mol. The molecule has 2 aromatic heterocycles. The van der Waals surface area contributed by atoms with E-state index in [4.69, 9.17) is 0 Å². The molecule has 0 aliphatic rings. The molecule has 0 saturated carbocycles. The highest BCUT2D eigenvalue weighted by molar-refractivity contribution is 6.07. The van der Waals surface area contributed by atoms with Gasteiger partial charge in [-0.1, -0.05) is 25.1 Å². The van der Waals surface area contributed by atoms with Crippen molar-refractivity contribution >= 4 is 22.6 Å². The second-order valence-corrected chi connectivity index (χ2v) is 5.94. The van der Waals surface area contributed by atoms with Gasteiger partial charge in [0.2, 0.25) is 0 Å². The topological polar surface area (TPSA) is 58.1 Å². The van der Waals surface area contributed by atoms with E-state index < -0.39 is 0 Å². The van der Waals surface area contributed by atoms with E-state index in [9.17, 15) is 4.79 Å². The second-order valence-electron chi connectivity index (χ2n) is 5.94. The van der Waals surface area contributed by atoms with Crippen molar-refractivity contribution in [1.29, 1.82) is 0 Å². The summed E-state index contributed by atoms with van der Waals surface area (Å²) in [5.74, 6) is 0.672. The minimum absolute atomic E-state index is 0.000429. The third-order valence-electron chi connectivity index (χ3n) is 4.47. The van der Waals surface area contributed by atoms with Crippen molar-refractivity contribution in [1.82, 2.24) is 14.9 Å². The number of nitrogens with zero attached hydrogens (tertiary/aromatic N) is 3. The lowest BCUT2D eigenvalue weighted by atomic mass is 10.0. The highest BCUT2D eigenvalue weighted by Crippen LogP contribution is 2.27. The molecule has 2 heterocycles. The summed E-state index contributed by atoms with van der Waals surface area (Å²) >= 11 is 0. The number of anilines is 1. The predicted molar refractivity (Wildman–Crippen MR) is 101 cm³/mol. The Labute approximate surface area is 147 Å². The number of fused-ring (bicyclic) bond motifs is 1. The number of nitrogens with one attached hydrogen (secondary N) is 1.